The van der Waals surface area contributed by atoms with E-state index in [0.717, 1.165) is 32.4 Å². The molecule has 0 radical (unpaired) electrons. The van der Waals surface area contributed by atoms with Gasteiger partial charge in [0, 0.05) is 24.7 Å². The van der Waals surface area contributed by atoms with Crippen LogP contribution in [0, 0.1) is 0 Å². The summed E-state index contributed by atoms with van der Waals surface area (Å²) in [5.74, 6) is 0.336. The molecule has 0 saturated carbocycles. The molecule has 3 rings (SSSR count). The first-order valence-corrected chi connectivity index (χ1v) is 7.32. The van der Waals surface area contributed by atoms with Gasteiger partial charge >= 0.3 is 0 Å². The molecule has 0 aliphatic carbocycles. The highest BCUT2D eigenvalue weighted by Crippen LogP contribution is 2.31. The van der Waals surface area contributed by atoms with Gasteiger partial charge in [0.25, 0.3) is 5.91 Å². The van der Waals surface area contributed by atoms with E-state index in [9.17, 15) is 4.79 Å². The highest BCUT2D eigenvalue weighted by atomic mass is 35.5. The third-order valence-corrected chi connectivity index (χ3v) is 4.43. The first-order valence-electron chi connectivity index (χ1n) is 6.94. The summed E-state index contributed by atoms with van der Waals surface area (Å²) >= 11 is 6.14. The largest absolute Gasteiger partial charge is 0.481 e. The quantitative estimate of drug-likeness (QED) is 0.902. The molecule has 2 aliphatic heterocycles. The number of nitrogens with one attached hydrogen (secondary N) is 1. The standard InChI is InChI=1S/C14H18ClN3O2.ClH/c1-20-12-5-4-11(15)13(17-12)14(19)18-9-2-3-10(18)8-16-7-6-9;/h4-5,9-10,16H,2-3,6-8H2,1H3;1H. The van der Waals surface area contributed by atoms with E-state index in [4.69, 9.17) is 16.3 Å². The average Bonchev–Trinajstić information content (AvgIpc) is 2.72. The maximum absolute atomic E-state index is 12.8. The molecule has 0 aromatic carbocycles. The molecule has 7 heteroatoms. The Kier molecular flexibility index (Phi) is 5.30. The number of amides is 1. The van der Waals surface area contributed by atoms with Crippen LogP contribution < -0.4 is 10.1 Å². The van der Waals surface area contributed by atoms with Gasteiger partial charge in [-0.1, -0.05) is 11.6 Å². The third kappa shape index (κ3) is 3.10. The molecule has 2 aliphatic rings. The van der Waals surface area contributed by atoms with Crippen LogP contribution >= 0.6 is 24.0 Å². The van der Waals surface area contributed by atoms with Gasteiger partial charge in [-0.3, -0.25) is 4.79 Å². The van der Waals surface area contributed by atoms with E-state index in [0.29, 0.717) is 22.6 Å². The van der Waals surface area contributed by atoms with Gasteiger partial charge in [0.15, 0.2) is 5.69 Å². The molecule has 1 amide bonds. The van der Waals surface area contributed by atoms with Crippen LogP contribution in [0.4, 0.5) is 0 Å². The summed E-state index contributed by atoms with van der Waals surface area (Å²) in [6.07, 6.45) is 3.11. The number of fused-ring (bicyclic) bond motifs is 2. The molecular weight excluding hydrogens is 313 g/mol. The van der Waals surface area contributed by atoms with Gasteiger partial charge in [0.1, 0.15) is 0 Å². The van der Waals surface area contributed by atoms with Gasteiger partial charge in [0.2, 0.25) is 5.88 Å². The summed E-state index contributed by atoms with van der Waals surface area (Å²) in [6, 6.07) is 3.88. The number of methoxy groups -OCH3 is 1. The van der Waals surface area contributed by atoms with Crippen LogP contribution in [0.5, 0.6) is 5.88 Å². The Morgan fingerprint density at radius 1 is 1.38 bits per heavy atom. The Bertz CT molecular complexity index is 513. The van der Waals surface area contributed by atoms with Gasteiger partial charge in [-0.25, -0.2) is 4.98 Å². The molecular formula is C14H19Cl2N3O2. The van der Waals surface area contributed by atoms with Crippen molar-refractivity contribution in [2.45, 2.75) is 31.3 Å². The van der Waals surface area contributed by atoms with E-state index in [1.807, 2.05) is 4.90 Å². The fourth-order valence-corrected chi connectivity index (χ4v) is 3.31. The van der Waals surface area contributed by atoms with E-state index in [2.05, 4.69) is 10.3 Å². The van der Waals surface area contributed by atoms with Crippen molar-refractivity contribution >= 4 is 29.9 Å². The van der Waals surface area contributed by atoms with Gasteiger partial charge in [-0.15, -0.1) is 12.4 Å². The summed E-state index contributed by atoms with van der Waals surface area (Å²) in [7, 11) is 1.53. The van der Waals surface area contributed by atoms with E-state index in [1.54, 1.807) is 12.1 Å². The normalized spacial score (nSPS) is 24.2. The zero-order valence-corrected chi connectivity index (χ0v) is 13.4. The molecule has 1 aromatic rings. The van der Waals surface area contributed by atoms with Gasteiger partial charge in [-0.2, -0.15) is 0 Å². The van der Waals surface area contributed by atoms with Crippen molar-refractivity contribution in [1.29, 1.82) is 0 Å². The van der Waals surface area contributed by atoms with E-state index in [-0.39, 0.29) is 24.4 Å². The summed E-state index contributed by atoms with van der Waals surface area (Å²) in [4.78, 5) is 19.0. The Morgan fingerprint density at radius 3 is 2.90 bits per heavy atom. The Hall–Kier alpha value is -1.04. The summed E-state index contributed by atoms with van der Waals surface area (Å²) in [5.41, 5.74) is 0.296. The van der Waals surface area contributed by atoms with Crippen LogP contribution in [-0.2, 0) is 0 Å². The van der Waals surface area contributed by atoms with Crippen LogP contribution in [0.25, 0.3) is 0 Å². The Balaban J connectivity index is 0.00000161. The van der Waals surface area contributed by atoms with Crippen molar-refractivity contribution in [3.05, 3.63) is 22.8 Å². The number of ether oxygens (including phenoxy) is 1. The molecule has 0 spiro atoms. The zero-order valence-electron chi connectivity index (χ0n) is 11.8. The van der Waals surface area contributed by atoms with Crippen LogP contribution in [0.15, 0.2) is 12.1 Å². The second-order valence-corrected chi connectivity index (χ2v) is 5.68. The van der Waals surface area contributed by atoms with Crippen molar-refractivity contribution < 1.29 is 9.53 Å². The van der Waals surface area contributed by atoms with Gasteiger partial charge in [-0.05, 0) is 31.9 Å². The molecule has 21 heavy (non-hydrogen) atoms. The lowest BCUT2D eigenvalue weighted by atomic mass is 10.1. The fraction of sp³-hybridized carbons (Fsp3) is 0.571. The summed E-state index contributed by atoms with van der Waals surface area (Å²) in [6.45, 7) is 1.81. The molecule has 2 bridgehead atoms. The molecule has 2 unspecified atom stereocenters. The van der Waals surface area contributed by atoms with E-state index in [1.165, 1.54) is 7.11 Å². The fourth-order valence-electron chi connectivity index (χ4n) is 3.12. The number of halogens is 2. The minimum absolute atomic E-state index is 0. The summed E-state index contributed by atoms with van der Waals surface area (Å²) in [5, 5.41) is 3.76. The molecule has 2 saturated heterocycles. The SMILES string of the molecule is COc1ccc(Cl)c(C(=O)N2C3CCNCC2CC3)n1.Cl. The maximum Gasteiger partial charge on any atom is 0.274 e. The molecule has 1 N–H and O–H groups in total. The van der Waals surface area contributed by atoms with E-state index >= 15 is 0 Å². The summed E-state index contributed by atoms with van der Waals surface area (Å²) < 4.78 is 5.09. The van der Waals surface area contributed by atoms with Crippen molar-refractivity contribution in [2.75, 3.05) is 20.2 Å². The average molecular weight is 332 g/mol. The predicted molar refractivity (Wildman–Crippen MR) is 83.5 cm³/mol. The first-order chi connectivity index (χ1) is 9.70. The predicted octanol–water partition coefficient (Wildman–Crippen LogP) is 2.13. The van der Waals surface area contributed by atoms with Gasteiger partial charge in [0.05, 0.1) is 12.1 Å². The number of nitrogens with zero attached hydrogens (tertiary/aromatic N) is 2. The molecule has 2 atom stereocenters. The molecule has 1 aromatic heterocycles. The van der Waals surface area contributed by atoms with Crippen LogP contribution in [0.2, 0.25) is 5.02 Å². The van der Waals surface area contributed by atoms with Crippen LogP contribution in [0.1, 0.15) is 29.8 Å². The lowest BCUT2D eigenvalue weighted by Crippen LogP contribution is -2.43. The Labute approximate surface area is 135 Å². The van der Waals surface area contributed by atoms with Crippen molar-refractivity contribution in [3.8, 4) is 5.88 Å². The highest BCUT2D eigenvalue weighted by molar-refractivity contribution is 6.33. The van der Waals surface area contributed by atoms with Crippen LogP contribution in [-0.4, -0.2) is 48.1 Å². The monoisotopic (exact) mass is 331 g/mol. The molecule has 3 heterocycles. The molecule has 5 nitrogen and oxygen atoms in total. The second-order valence-electron chi connectivity index (χ2n) is 5.27. The molecule has 2 fully saturated rings. The number of rotatable bonds is 2. The number of aromatic nitrogens is 1. The molecule has 116 valence electrons. The Morgan fingerprint density at radius 2 is 2.14 bits per heavy atom. The minimum atomic E-state index is -0.0786. The van der Waals surface area contributed by atoms with Crippen molar-refractivity contribution in [3.63, 3.8) is 0 Å². The van der Waals surface area contributed by atoms with Crippen LogP contribution in [0.3, 0.4) is 0 Å². The second kappa shape index (κ2) is 6.81. The zero-order chi connectivity index (χ0) is 14.1. The first kappa shape index (κ1) is 16.3. The number of carbonyl (C=O) groups is 1. The number of pyridine rings is 1. The highest BCUT2D eigenvalue weighted by Gasteiger charge is 2.39. The topological polar surface area (TPSA) is 54.5 Å². The maximum atomic E-state index is 12.8. The van der Waals surface area contributed by atoms with Crippen molar-refractivity contribution in [1.82, 2.24) is 15.2 Å². The van der Waals surface area contributed by atoms with Crippen molar-refractivity contribution in [2.24, 2.45) is 0 Å². The van der Waals surface area contributed by atoms with Gasteiger partial charge < -0.3 is 15.0 Å². The minimum Gasteiger partial charge on any atom is -0.481 e. The number of hydrogen-bond acceptors (Lipinski definition) is 4. The smallest absolute Gasteiger partial charge is 0.274 e. The lowest BCUT2D eigenvalue weighted by molar-refractivity contribution is 0.0673. The van der Waals surface area contributed by atoms with E-state index < -0.39 is 0 Å². The number of hydrogen-bond donors (Lipinski definition) is 1. The lowest BCUT2D eigenvalue weighted by Gasteiger charge is -2.27. The number of carbonyl (C=O) groups excluding carboxylic acids is 1. The third-order valence-electron chi connectivity index (χ3n) is 4.12.